The Hall–Kier alpha value is -3.05. The number of amides is 4. The quantitative estimate of drug-likeness (QED) is 0.573. The second-order valence-corrected chi connectivity index (χ2v) is 9.64. The van der Waals surface area contributed by atoms with Crippen LogP contribution in [0, 0.1) is 0 Å². The molecule has 4 rings (SSSR count). The fraction of sp³-hybridized carbons (Fsp3) is 0.640. The summed E-state index contributed by atoms with van der Waals surface area (Å²) in [5.74, 6) is -0.173. The van der Waals surface area contributed by atoms with Crippen LogP contribution in [0.5, 0.6) is 0 Å². The van der Waals surface area contributed by atoms with Gasteiger partial charge in [0.05, 0.1) is 31.7 Å². The van der Waals surface area contributed by atoms with Crippen molar-refractivity contribution in [1.82, 2.24) is 15.1 Å². The predicted octanol–water partition coefficient (Wildman–Crippen LogP) is 1.83. The molecule has 11 heteroatoms. The number of nitrogens with zero attached hydrogens (tertiary/aromatic N) is 3. The van der Waals surface area contributed by atoms with Gasteiger partial charge < -0.3 is 35.2 Å². The molecule has 1 aliphatic carbocycles. The van der Waals surface area contributed by atoms with Gasteiger partial charge in [-0.05, 0) is 50.3 Å². The Morgan fingerprint density at radius 3 is 2.42 bits per heavy atom. The molecule has 1 aromatic rings. The number of benzene rings is 1. The fourth-order valence-electron chi connectivity index (χ4n) is 5.05. The number of carbonyl (C=O) groups excluding carboxylic acids is 3. The van der Waals surface area contributed by atoms with Crippen LogP contribution in [-0.2, 0) is 9.47 Å². The number of nitrogens with one attached hydrogen (secondary N) is 2. The molecular formula is C25H38N6O5. The molecule has 4 amide bonds. The molecule has 36 heavy (non-hydrogen) atoms. The summed E-state index contributed by atoms with van der Waals surface area (Å²) in [5.41, 5.74) is 7.75. The highest BCUT2D eigenvalue weighted by molar-refractivity contribution is 5.98. The van der Waals surface area contributed by atoms with Gasteiger partial charge in [-0.2, -0.15) is 0 Å². The monoisotopic (exact) mass is 502 g/mol. The first-order chi connectivity index (χ1) is 17.4. The number of hydrogen-bond acceptors (Lipinski definition) is 7. The summed E-state index contributed by atoms with van der Waals surface area (Å²) in [7, 11) is 1.31. The van der Waals surface area contributed by atoms with Crippen molar-refractivity contribution < 1.29 is 23.9 Å². The van der Waals surface area contributed by atoms with Crippen LogP contribution in [-0.4, -0.2) is 99.5 Å². The molecule has 2 aliphatic heterocycles. The van der Waals surface area contributed by atoms with Crippen molar-refractivity contribution in [2.24, 2.45) is 5.73 Å². The molecule has 3 fully saturated rings. The maximum absolute atomic E-state index is 13.0. The van der Waals surface area contributed by atoms with Crippen LogP contribution in [0.15, 0.2) is 18.2 Å². The zero-order chi connectivity index (χ0) is 25.5. The van der Waals surface area contributed by atoms with E-state index in [4.69, 9.17) is 15.2 Å². The average molecular weight is 503 g/mol. The molecular weight excluding hydrogens is 464 g/mol. The van der Waals surface area contributed by atoms with Crippen LogP contribution in [0.25, 0.3) is 0 Å². The summed E-state index contributed by atoms with van der Waals surface area (Å²) < 4.78 is 10.2. The zero-order valence-corrected chi connectivity index (χ0v) is 21.0. The molecule has 198 valence electrons. The Balaban J connectivity index is 1.45. The van der Waals surface area contributed by atoms with Gasteiger partial charge in [-0.15, -0.1) is 0 Å². The number of methoxy groups -OCH3 is 1. The van der Waals surface area contributed by atoms with Crippen molar-refractivity contribution in [1.29, 1.82) is 0 Å². The number of nitrogens with two attached hydrogens (primary N) is 1. The minimum Gasteiger partial charge on any atom is -0.453 e. The first kappa shape index (κ1) is 26.0. The third kappa shape index (κ3) is 6.58. The molecule has 0 unspecified atom stereocenters. The molecule has 1 aromatic carbocycles. The number of ether oxygens (including phenoxy) is 2. The largest absolute Gasteiger partial charge is 0.453 e. The van der Waals surface area contributed by atoms with Crippen LogP contribution in [0.4, 0.5) is 21.0 Å². The molecule has 2 saturated heterocycles. The van der Waals surface area contributed by atoms with E-state index in [0.717, 1.165) is 44.3 Å². The van der Waals surface area contributed by atoms with Gasteiger partial charge in [-0.25, -0.2) is 9.59 Å². The van der Waals surface area contributed by atoms with Crippen LogP contribution in [0.2, 0.25) is 0 Å². The normalized spacial score (nSPS) is 23.0. The number of urea groups is 1. The molecule has 0 radical (unpaired) electrons. The van der Waals surface area contributed by atoms with Gasteiger partial charge in [0.15, 0.2) is 0 Å². The molecule has 0 spiro atoms. The van der Waals surface area contributed by atoms with Gasteiger partial charge >= 0.3 is 12.1 Å². The van der Waals surface area contributed by atoms with Crippen molar-refractivity contribution in [2.75, 3.05) is 69.8 Å². The predicted molar refractivity (Wildman–Crippen MR) is 136 cm³/mol. The van der Waals surface area contributed by atoms with E-state index in [0.29, 0.717) is 57.2 Å². The Bertz CT molecular complexity index is 930. The molecule has 1 saturated carbocycles. The average Bonchev–Trinajstić information content (AvgIpc) is 3.16. The van der Waals surface area contributed by atoms with Crippen molar-refractivity contribution >= 4 is 29.4 Å². The standard InChI is InChI=1S/C25H38N6O5/c1-35-24(33)28-21-17-18(23(32)27-20-6-4-19(26)5-7-20)3-8-22(21)29-9-2-10-30(12-11-29)25(34)31-13-15-36-16-14-31/h3,8,17,19-20H,2,4-7,9-16,26H2,1H3,(H,27,32)(H,28,33). The van der Waals surface area contributed by atoms with E-state index in [1.54, 1.807) is 12.1 Å². The third-order valence-electron chi connectivity index (χ3n) is 7.18. The second kappa shape index (κ2) is 12.3. The Morgan fingerprint density at radius 1 is 0.972 bits per heavy atom. The van der Waals surface area contributed by atoms with E-state index in [9.17, 15) is 14.4 Å². The van der Waals surface area contributed by atoms with Gasteiger partial charge in [-0.1, -0.05) is 0 Å². The van der Waals surface area contributed by atoms with Crippen molar-refractivity contribution in [3.8, 4) is 0 Å². The number of anilines is 2. The molecule has 11 nitrogen and oxygen atoms in total. The first-order valence-electron chi connectivity index (χ1n) is 12.9. The van der Waals surface area contributed by atoms with E-state index >= 15 is 0 Å². The van der Waals surface area contributed by atoms with E-state index in [1.807, 2.05) is 15.9 Å². The van der Waals surface area contributed by atoms with Crippen molar-refractivity contribution in [3.63, 3.8) is 0 Å². The summed E-state index contributed by atoms with van der Waals surface area (Å²) in [6, 6.07) is 5.69. The maximum Gasteiger partial charge on any atom is 0.411 e. The molecule has 4 N–H and O–H groups in total. The number of morpholine rings is 1. The van der Waals surface area contributed by atoms with Crippen molar-refractivity contribution in [2.45, 2.75) is 44.2 Å². The molecule has 2 heterocycles. The molecule has 0 aromatic heterocycles. The van der Waals surface area contributed by atoms with E-state index in [2.05, 4.69) is 15.5 Å². The second-order valence-electron chi connectivity index (χ2n) is 9.64. The summed E-state index contributed by atoms with van der Waals surface area (Å²) in [6.45, 7) is 4.94. The zero-order valence-electron chi connectivity index (χ0n) is 21.0. The highest BCUT2D eigenvalue weighted by atomic mass is 16.5. The van der Waals surface area contributed by atoms with Gasteiger partial charge in [0.2, 0.25) is 0 Å². The lowest BCUT2D eigenvalue weighted by atomic mass is 9.91. The van der Waals surface area contributed by atoms with Gasteiger partial charge in [-0.3, -0.25) is 10.1 Å². The van der Waals surface area contributed by atoms with E-state index < -0.39 is 6.09 Å². The summed E-state index contributed by atoms with van der Waals surface area (Å²) in [5, 5.41) is 5.87. The SMILES string of the molecule is COC(=O)Nc1cc(C(=O)NC2CCC(N)CC2)ccc1N1CCCN(C(=O)N2CCOCC2)CC1. The Morgan fingerprint density at radius 2 is 1.69 bits per heavy atom. The fourth-order valence-corrected chi connectivity index (χ4v) is 5.05. The highest BCUT2D eigenvalue weighted by Crippen LogP contribution is 2.29. The van der Waals surface area contributed by atoms with Gasteiger partial charge in [0, 0.05) is 56.9 Å². The van der Waals surface area contributed by atoms with E-state index in [1.165, 1.54) is 7.11 Å². The van der Waals surface area contributed by atoms with Crippen LogP contribution < -0.4 is 21.3 Å². The summed E-state index contributed by atoms with van der Waals surface area (Å²) in [6.07, 6.45) is 3.73. The topological polar surface area (TPSA) is 129 Å². The third-order valence-corrected chi connectivity index (χ3v) is 7.18. The maximum atomic E-state index is 13.0. The lowest BCUT2D eigenvalue weighted by Crippen LogP contribution is -2.49. The first-order valence-corrected chi connectivity index (χ1v) is 12.9. The minimum absolute atomic E-state index is 0.0451. The van der Waals surface area contributed by atoms with Crippen LogP contribution in [0.3, 0.4) is 0 Å². The lowest BCUT2D eigenvalue weighted by Gasteiger charge is -2.32. The highest BCUT2D eigenvalue weighted by Gasteiger charge is 2.27. The number of hydrogen-bond donors (Lipinski definition) is 3. The summed E-state index contributed by atoms with van der Waals surface area (Å²) >= 11 is 0. The minimum atomic E-state index is -0.603. The van der Waals surface area contributed by atoms with Crippen LogP contribution in [0.1, 0.15) is 42.5 Å². The lowest BCUT2D eigenvalue weighted by molar-refractivity contribution is 0.0438. The number of carbonyl (C=O) groups is 3. The Kier molecular flexibility index (Phi) is 8.87. The number of rotatable bonds is 4. The van der Waals surface area contributed by atoms with Crippen LogP contribution >= 0.6 is 0 Å². The molecule has 0 bridgehead atoms. The Labute approximate surface area is 212 Å². The van der Waals surface area contributed by atoms with Crippen molar-refractivity contribution in [3.05, 3.63) is 23.8 Å². The molecule has 0 atom stereocenters. The molecule has 3 aliphatic rings. The smallest absolute Gasteiger partial charge is 0.411 e. The van der Waals surface area contributed by atoms with Gasteiger partial charge in [0.1, 0.15) is 0 Å². The van der Waals surface area contributed by atoms with E-state index in [-0.39, 0.29) is 24.0 Å². The van der Waals surface area contributed by atoms with Gasteiger partial charge in [0.25, 0.3) is 5.91 Å². The summed E-state index contributed by atoms with van der Waals surface area (Å²) in [4.78, 5) is 43.9.